The molecule has 0 saturated carbocycles. The molecule has 0 bridgehead atoms. The van der Waals surface area contributed by atoms with Gasteiger partial charge in [-0.2, -0.15) is 0 Å². The molecule has 0 unspecified atom stereocenters. The summed E-state index contributed by atoms with van der Waals surface area (Å²) in [7, 11) is 3.89. The Kier molecular flexibility index (Phi) is 4.86. The lowest BCUT2D eigenvalue weighted by atomic mass is 10.1. The van der Waals surface area contributed by atoms with E-state index in [1.54, 1.807) is 12.1 Å². The number of nitrogens with zero attached hydrogens (tertiary/aromatic N) is 1. The number of nitrogens with two attached hydrogens (primary N) is 1. The van der Waals surface area contributed by atoms with E-state index in [0.717, 1.165) is 16.5 Å². The summed E-state index contributed by atoms with van der Waals surface area (Å²) in [6.45, 7) is 0.856. The summed E-state index contributed by atoms with van der Waals surface area (Å²) in [5.74, 6) is 0.461. The number of ether oxygens (including phenoxy) is 1. The minimum absolute atomic E-state index is 0.155. The molecular formula is C23H22N2O4. The molecule has 29 heavy (non-hydrogen) atoms. The molecule has 0 fully saturated rings. The average molecular weight is 390 g/mol. The fourth-order valence-electron chi connectivity index (χ4n) is 3.28. The first kappa shape index (κ1) is 18.8. The SMILES string of the molecule is CN(C)c1ccc(-c2oc3cc4cc(OCCN)ccc4cc3c(=O)c2O)cc1. The first-order chi connectivity index (χ1) is 14.0. The monoisotopic (exact) mass is 390 g/mol. The predicted octanol–water partition coefficient (Wildman–Crippen LogP) is 3.72. The minimum Gasteiger partial charge on any atom is -0.502 e. The molecule has 0 aliphatic heterocycles. The maximum atomic E-state index is 12.8. The normalized spacial score (nSPS) is 11.1. The number of benzene rings is 3. The molecule has 1 heterocycles. The summed E-state index contributed by atoms with van der Waals surface area (Å²) in [4.78, 5) is 14.8. The fourth-order valence-corrected chi connectivity index (χ4v) is 3.28. The van der Waals surface area contributed by atoms with Crippen molar-refractivity contribution >= 4 is 27.4 Å². The molecule has 4 aromatic rings. The van der Waals surface area contributed by atoms with Crippen LogP contribution in [-0.2, 0) is 0 Å². The van der Waals surface area contributed by atoms with E-state index in [0.29, 0.717) is 35.4 Å². The van der Waals surface area contributed by atoms with Gasteiger partial charge in [0.25, 0.3) is 0 Å². The zero-order valence-corrected chi connectivity index (χ0v) is 16.3. The zero-order chi connectivity index (χ0) is 20.5. The van der Waals surface area contributed by atoms with Gasteiger partial charge in [0.2, 0.25) is 11.2 Å². The van der Waals surface area contributed by atoms with Crippen molar-refractivity contribution in [3.8, 4) is 22.8 Å². The summed E-state index contributed by atoms with van der Waals surface area (Å²) in [6.07, 6.45) is 0. The molecule has 3 aromatic carbocycles. The Bertz CT molecular complexity index is 1240. The largest absolute Gasteiger partial charge is 0.502 e. The van der Waals surface area contributed by atoms with Crippen molar-refractivity contribution in [1.82, 2.24) is 0 Å². The average Bonchev–Trinajstić information content (AvgIpc) is 2.73. The molecule has 0 saturated heterocycles. The molecule has 6 heteroatoms. The molecule has 0 aliphatic rings. The number of fused-ring (bicyclic) bond motifs is 2. The topological polar surface area (TPSA) is 88.9 Å². The lowest BCUT2D eigenvalue weighted by Gasteiger charge is -2.13. The van der Waals surface area contributed by atoms with Crippen LogP contribution in [0, 0.1) is 0 Å². The Hall–Kier alpha value is -3.51. The third kappa shape index (κ3) is 3.50. The smallest absolute Gasteiger partial charge is 0.235 e. The Morgan fingerprint density at radius 3 is 2.48 bits per heavy atom. The number of hydrogen-bond donors (Lipinski definition) is 2. The molecule has 0 atom stereocenters. The Morgan fingerprint density at radius 1 is 1.03 bits per heavy atom. The highest BCUT2D eigenvalue weighted by molar-refractivity contribution is 5.97. The van der Waals surface area contributed by atoms with Gasteiger partial charge >= 0.3 is 0 Å². The van der Waals surface area contributed by atoms with Crippen LogP contribution in [0.3, 0.4) is 0 Å². The molecule has 3 N–H and O–H groups in total. The van der Waals surface area contributed by atoms with E-state index < -0.39 is 11.2 Å². The van der Waals surface area contributed by atoms with E-state index in [-0.39, 0.29) is 5.76 Å². The Labute approximate surface area is 167 Å². The van der Waals surface area contributed by atoms with Crippen molar-refractivity contribution in [2.45, 2.75) is 0 Å². The summed E-state index contributed by atoms with van der Waals surface area (Å²) in [5, 5.41) is 12.5. The highest BCUT2D eigenvalue weighted by Gasteiger charge is 2.16. The van der Waals surface area contributed by atoms with Gasteiger partial charge in [-0.05, 0) is 59.3 Å². The molecule has 148 valence electrons. The van der Waals surface area contributed by atoms with Gasteiger partial charge in [0, 0.05) is 31.9 Å². The summed E-state index contributed by atoms with van der Waals surface area (Å²) in [5.41, 5.74) is 7.08. The van der Waals surface area contributed by atoms with Gasteiger partial charge in [0.05, 0.1) is 5.39 Å². The van der Waals surface area contributed by atoms with Gasteiger partial charge < -0.3 is 24.9 Å². The van der Waals surface area contributed by atoms with E-state index in [1.165, 1.54) is 0 Å². The van der Waals surface area contributed by atoms with Crippen molar-refractivity contribution in [3.63, 3.8) is 0 Å². The van der Waals surface area contributed by atoms with Crippen molar-refractivity contribution in [2.24, 2.45) is 5.73 Å². The van der Waals surface area contributed by atoms with E-state index in [9.17, 15) is 9.90 Å². The van der Waals surface area contributed by atoms with Crippen LogP contribution < -0.4 is 20.8 Å². The minimum atomic E-state index is -0.455. The Balaban J connectivity index is 1.86. The first-order valence-electron chi connectivity index (χ1n) is 9.32. The number of aromatic hydroxyl groups is 1. The van der Waals surface area contributed by atoms with E-state index in [2.05, 4.69) is 0 Å². The second kappa shape index (κ2) is 7.48. The standard InChI is InChI=1S/C23H22N2O4/c1-25(2)17-6-3-14(4-7-17)23-22(27)21(26)19-12-15-5-8-18(28-10-9-24)11-16(15)13-20(19)29-23/h3-8,11-13,27H,9-10,24H2,1-2H3. The van der Waals surface area contributed by atoms with Crippen molar-refractivity contribution in [3.05, 3.63) is 64.8 Å². The van der Waals surface area contributed by atoms with Gasteiger partial charge in [-0.25, -0.2) is 0 Å². The third-order valence-corrected chi connectivity index (χ3v) is 4.83. The fraction of sp³-hybridized carbons (Fsp3) is 0.174. The van der Waals surface area contributed by atoms with Crippen LogP contribution in [0.4, 0.5) is 5.69 Å². The third-order valence-electron chi connectivity index (χ3n) is 4.83. The highest BCUT2D eigenvalue weighted by Crippen LogP contribution is 2.33. The first-order valence-corrected chi connectivity index (χ1v) is 9.32. The van der Waals surface area contributed by atoms with Crippen molar-refractivity contribution in [2.75, 3.05) is 32.1 Å². The molecule has 0 amide bonds. The van der Waals surface area contributed by atoms with Gasteiger partial charge in [0.15, 0.2) is 5.76 Å². The number of rotatable bonds is 5. The van der Waals surface area contributed by atoms with Crippen molar-refractivity contribution < 1.29 is 14.3 Å². The predicted molar refractivity (Wildman–Crippen MR) is 116 cm³/mol. The van der Waals surface area contributed by atoms with Crippen LogP contribution in [0.2, 0.25) is 0 Å². The van der Waals surface area contributed by atoms with E-state index in [4.69, 9.17) is 14.9 Å². The van der Waals surface area contributed by atoms with Crippen LogP contribution >= 0.6 is 0 Å². The van der Waals surface area contributed by atoms with Gasteiger partial charge in [-0.3, -0.25) is 4.79 Å². The maximum Gasteiger partial charge on any atom is 0.235 e. The van der Waals surface area contributed by atoms with E-state index in [1.807, 2.05) is 61.5 Å². The quantitative estimate of drug-likeness (QED) is 0.505. The number of hydrogen-bond acceptors (Lipinski definition) is 6. The van der Waals surface area contributed by atoms with Crippen LogP contribution in [0.1, 0.15) is 0 Å². The second-order valence-corrected chi connectivity index (χ2v) is 7.04. The van der Waals surface area contributed by atoms with Gasteiger partial charge in [-0.1, -0.05) is 6.07 Å². The second-order valence-electron chi connectivity index (χ2n) is 7.04. The number of anilines is 1. The molecule has 0 radical (unpaired) electrons. The lowest BCUT2D eigenvalue weighted by molar-refractivity contribution is 0.329. The summed E-state index contributed by atoms with van der Waals surface area (Å²) < 4.78 is 11.5. The zero-order valence-electron chi connectivity index (χ0n) is 16.3. The Morgan fingerprint density at radius 2 is 1.79 bits per heavy atom. The molecule has 0 spiro atoms. The molecular weight excluding hydrogens is 368 g/mol. The van der Waals surface area contributed by atoms with Crippen LogP contribution in [0.15, 0.2) is 63.8 Å². The summed E-state index contributed by atoms with van der Waals surface area (Å²) >= 11 is 0. The van der Waals surface area contributed by atoms with E-state index >= 15 is 0 Å². The van der Waals surface area contributed by atoms with Crippen molar-refractivity contribution in [1.29, 1.82) is 0 Å². The van der Waals surface area contributed by atoms with Gasteiger partial charge in [0.1, 0.15) is 17.9 Å². The molecule has 6 nitrogen and oxygen atoms in total. The van der Waals surface area contributed by atoms with Gasteiger partial charge in [-0.15, -0.1) is 0 Å². The lowest BCUT2D eigenvalue weighted by Crippen LogP contribution is -2.10. The molecule has 1 aromatic heterocycles. The summed E-state index contributed by atoms with van der Waals surface area (Å²) in [6, 6.07) is 16.5. The molecule has 4 rings (SSSR count). The van der Waals surface area contributed by atoms with Crippen LogP contribution in [-0.4, -0.2) is 32.4 Å². The molecule has 0 aliphatic carbocycles. The van der Waals surface area contributed by atoms with Crippen LogP contribution in [0.5, 0.6) is 11.5 Å². The highest BCUT2D eigenvalue weighted by atomic mass is 16.5. The maximum absolute atomic E-state index is 12.8. The van der Waals surface area contributed by atoms with Crippen LogP contribution in [0.25, 0.3) is 33.1 Å².